The van der Waals surface area contributed by atoms with Gasteiger partial charge in [-0.2, -0.15) is 5.26 Å². The summed E-state index contributed by atoms with van der Waals surface area (Å²) in [5.74, 6) is 2.41. The number of halogens is 1. The van der Waals surface area contributed by atoms with E-state index in [-0.39, 0.29) is 12.7 Å². The van der Waals surface area contributed by atoms with Gasteiger partial charge in [-0.1, -0.05) is 30.3 Å². The van der Waals surface area contributed by atoms with Crippen LogP contribution in [0.5, 0.6) is 28.7 Å². The second-order valence-electron chi connectivity index (χ2n) is 7.71. The molecule has 0 fully saturated rings. The van der Waals surface area contributed by atoms with Crippen molar-refractivity contribution < 1.29 is 23.7 Å². The number of nitrogens with two attached hydrogens (primary N) is 1. The molecule has 0 spiro atoms. The lowest BCUT2D eigenvalue weighted by molar-refractivity contribution is 0.174. The average molecular weight is 521 g/mol. The summed E-state index contributed by atoms with van der Waals surface area (Å²) in [5, 5.41) is 9.93. The van der Waals surface area contributed by atoms with E-state index in [0.717, 1.165) is 16.7 Å². The van der Waals surface area contributed by atoms with E-state index in [9.17, 15) is 5.26 Å². The molecular formula is C26H21BrN2O5. The summed E-state index contributed by atoms with van der Waals surface area (Å²) in [6.45, 7) is 2.87. The third-order valence-corrected chi connectivity index (χ3v) is 6.19. The highest BCUT2D eigenvalue weighted by Crippen LogP contribution is 2.50. The number of hydrogen-bond acceptors (Lipinski definition) is 7. The van der Waals surface area contributed by atoms with Gasteiger partial charge in [0.05, 0.1) is 17.0 Å². The van der Waals surface area contributed by atoms with Gasteiger partial charge < -0.3 is 29.4 Å². The first-order chi connectivity index (χ1) is 16.6. The molecule has 0 saturated heterocycles. The van der Waals surface area contributed by atoms with Gasteiger partial charge in [0.1, 0.15) is 24.0 Å². The van der Waals surface area contributed by atoms with Crippen LogP contribution in [0.25, 0.3) is 0 Å². The molecule has 2 N–H and O–H groups in total. The minimum Gasteiger partial charge on any atom is -0.490 e. The first-order valence-corrected chi connectivity index (χ1v) is 11.5. The molecule has 0 aliphatic carbocycles. The largest absolute Gasteiger partial charge is 0.490 e. The van der Waals surface area contributed by atoms with Gasteiger partial charge in [0.15, 0.2) is 23.0 Å². The molecule has 2 aliphatic rings. The standard InChI is InChI=1S/C26H21BrN2O5/c1-2-30-23-9-16(8-19(27)25(23)31-13-15-6-4-3-5-7-15)24-17-10-21-22(33-14-32-21)11-20(17)34-26(29)18(24)12-28/h3-11,24H,2,13-14,29H2,1H3/t24-/m0/s1. The minimum absolute atomic E-state index is 0.0531. The maximum Gasteiger partial charge on any atom is 0.231 e. The molecular weight excluding hydrogens is 500 g/mol. The fourth-order valence-electron chi connectivity index (χ4n) is 4.08. The van der Waals surface area contributed by atoms with Crippen LogP contribution in [0.4, 0.5) is 0 Å². The van der Waals surface area contributed by atoms with Gasteiger partial charge >= 0.3 is 0 Å². The summed E-state index contributed by atoms with van der Waals surface area (Å²) >= 11 is 3.64. The maximum atomic E-state index is 9.93. The number of nitrogens with zero attached hydrogens (tertiary/aromatic N) is 1. The van der Waals surface area contributed by atoms with Gasteiger partial charge in [-0.15, -0.1) is 0 Å². The van der Waals surface area contributed by atoms with Crippen LogP contribution in [0.2, 0.25) is 0 Å². The zero-order chi connectivity index (χ0) is 23.7. The summed E-state index contributed by atoms with van der Waals surface area (Å²) in [6.07, 6.45) is 0. The molecule has 2 aliphatic heterocycles. The van der Waals surface area contributed by atoms with Gasteiger partial charge in [0, 0.05) is 11.6 Å². The van der Waals surface area contributed by atoms with Crippen LogP contribution in [0.15, 0.2) is 70.5 Å². The number of fused-ring (bicyclic) bond motifs is 2. The zero-order valence-electron chi connectivity index (χ0n) is 18.3. The quantitative estimate of drug-likeness (QED) is 0.466. The molecule has 172 valence electrons. The molecule has 34 heavy (non-hydrogen) atoms. The van der Waals surface area contributed by atoms with Crippen LogP contribution in [-0.2, 0) is 6.61 Å². The molecule has 3 aromatic rings. The second-order valence-corrected chi connectivity index (χ2v) is 8.56. The molecule has 0 unspecified atom stereocenters. The monoisotopic (exact) mass is 520 g/mol. The smallest absolute Gasteiger partial charge is 0.231 e. The van der Waals surface area contributed by atoms with Gasteiger partial charge in [0.2, 0.25) is 12.7 Å². The normalized spacial score (nSPS) is 15.9. The number of benzene rings is 3. The maximum absolute atomic E-state index is 9.93. The van der Waals surface area contributed by atoms with E-state index in [4.69, 9.17) is 29.4 Å². The number of ether oxygens (including phenoxy) is 5. The van der Waals surface area contributed by atoms with Crippen molar-refractivity contribution in [1.29, 1.82) is 5.26 Å². The molecule has 0 saturated carbocycles. The molecule has 5 rings (SSSR count). The van der Waals surface area contributed by atoms with Gasteiger partial charge in [-0.05, 0) is 52.2 Å². The highest BCUT2D eigenvalue weighted by molar-refractivity contribution is 9.10. The molecule has 0 amide bonds. The van der Waals surface area contributed by atoms with Crippen LogP contribution >= 0.6 is 15.9 Å². The predicted molar refractivity (Wildman–Crippen MR) is 128 cm³/mol. The summed E-state index contributed by atoms with van der Waals surface area (Å²) in [4.78, 5) is 0. The Morgan fingerprint density at radius 3 is 2.56 bits per heavy atom. The lowest BCUT2D eigenvalue weighted by atomic mass is 9.83. The topological polar surface area (TPSA) is 96.0 Å². The summed E-state index contributed by atoms with van der Waals surface area (Å²) in [7, 11) is 0. The molecule has 0 radical (unpaired) electrons. The van der Waals surface area contributed by atoms with E-state index in [2.05, 4.69) is 22.0 Å². The van der Waals surface area contributed by atoms with E-state index in [1.165, 1.54) is 0 Å². The molecule has 8 heteroatoms. The molecule has 2 heterocycles. The molecule has 3 aromatic carbocycles. The molecule has 0 bridgehead atoms. The number of nitriles is 1. The van der Waals surface area contributed by atoms with Gasteiger partial charge in [-0.25, -0.2) is 0 Å². The fraction of sp³-hybridized carbons (Fsp3) is 0.192. The first-order valence-electron chi connectivity index (χ1n) is 10.7. The molecule has 7 nitrogen and oxygen atoms in total. The average Bonchev–Trinajstić information content (AvgIpc) is 3.29. The van der Waals surface area contributed by atoms with E-state index in [1.807, 2.05) is 55.5 Å². The Kier molecular flexibility index (Phi) is 5.95. The summed E-state index contributed by atoms with van der Waals surface area (Å²) in [6, 6.07) is 19.5. The fourth-order valence-corrected chi connectivity index (χ4v) is 4.65. The Hall–Kier alpha value is -3.83. The summed E-state index contributed by atoms with van der Waals surface area (Å²) in [5.41, 5.74) is 9.04. The van der Waals surface area contributed by atoms with Crippen molar-refractivity contribution in [3.05, 3.63) is 87.2 Å². The molecule has 1 atom stereocenters. The van der Waals surface area contributed by atoms with Gasteiger partial charge in [0.25, 0.3) is 0 Å². The zero-order valence-corrected chi connectivity index (χ0v) is 19.9. The minimum atomic E-state index is -0.484. The predicted octanol–water partition coefficient (Wildman–Crippen LogP) is 5.37. The van der Waals surface area contributed by atoms with Crippen LogP contribution in [-0.4, -0.2) is 13.4 Å². The van der Waals surface area contributed by atoms with Gasteiger partial charge in [-0.3, -0.25) is 0 Å². The third-order valence-electron chi connectivity index (χ3n) is 5.60. The lowest BCUT2D eigenvalue weighted by Gasteiger charge is -2.27. The summed E-state index contributed by atoms with van der Waals surface area (Å²) < 4.78 is 29.6. The number of hydrogen-bond donors (Lipinski definition) is 1. The highest BCUT2D eigenvalue weighted by Gasteiger charge is 2.34. The van der Waals surface area contributed by atoms with E-state index in [1.54, 1.807) is 6.07 Å². The third kappa shape index (κ3) is 3.99. The Balaban J connectivity index is 1.58. The van der Waals surface area contributed by atoms with Crippen molar-refractivity contribution in [3.63, 3.8) is 0 Å². The number of rotatable bonds is 6. The Morgan fingerprint density at radius 1 is 1.06 bits per heavy atom. The molecule has 0 aromatic heterocycles. The Bertz CT molecular complexity index is 1320. The Labute approximate surface area is 205 Å². The van der Waals surface area contributed by atoms with E-state index in [0.29, 0.717) is 52.0 Å². The van der Waals surface area contributed by atoms with Crippen molar-refractivity contribution in [1.82, 2.24) is 0 Å². The van der Waals surface area contributed by atoms with Crippen molar-refractivity contribution in [2.45, 2.75) is 19.4 Å². The van der Waals surface area contributed by atoms with Crippen molar-refractivity contribution in [2.24, 2.45) is 5.73 Å². The first kappa shape index (κ1) is 22.0. The SMILES string of the molecule is CCOc1cc([C@@H]2C(C#N)=C(N)Oc3cc4c(cc32)OCO4)cc(Br)c1OCc1ccccc1. The second kappa shape index (κ2) is 9.20. The van der Waals surface area contributed by atoms with Crippen molar-refractivity contribution in [2.75, 3.05) is 13.4 Å². The van der Waals surface area contributed by atoms with Crippen molar-refractivity contribution in [3.8, 4) is 34.8 Å². The lowest BCUT2D eigenvalue weighted by Crippen LogP contribution is -2.21. The number of allylic oxidation sites excluding steroid dienone is 1. The Morgan fingerprint density at radius 2 is 1.82 bits per heavy atom. The van der Waals surface area contributed by atoms with E-state index < -0.39 is 5.92 Å². The van der Waals surface area contributed by atoms with Crippen molar-refractivity contribution >= 4 is 15.9 Å². The van der Waals surface area contributed by atoms with Crippen LogP contribution in [0.1, 0.15) is 29.5 Å². The van der Waals surface area contributed by atoms with E-state index >= 15 is 0 Å². The van der Waals surface area contributed by atoms with Crippen LogP contribution in [0.3, 0.4) is 0 Å². The van der Waals surface area contributed by atoms with Crippen LogP contribution in [0, 0.1) is 11.3 Å². The van der Waals surface area contributed by atoms with Crippen LogP contribution < -0.4 is 29.4 Å². The highest BCUT2D eigenvalue weighted by atomic mass is 79.9.